The van der Waals surface area contributed by atoms with Crippen LogP contribution >= 0.6 is 0 Å². The van der Waals surface area contributed by atoms with Crippen LogP contribution in [0.15, 0.2) is 18.2 Å². The number of hydrogen-bond acceptors (Lipinski definition) is 3. The lowest BCUT2D eigenvalue weighted by molar-refractivity contribution is -0.114. The summed E-state index contributed by atoms with van der Waals surface area (Å²) in [6.07, 6.45) is 0.00527. The van der Waals surface area contributed by atoms with Gasteiger partial charge in [-0.05, 0) is 39.0 Å². The van der Waals surface area contributed by atoms with Crippen LogP contribution in [0, 0.1) is 0 Å². The largest absolute Gasteiger partial charge is 0.489 e. The Morgan fingerprint density at radius 2 is 1.88 bits per heavy atom. The zero-order valence-electron chi connectivity index (χ0n) is 10.5. The van der Waals surface area contributed by atoms with Gasteiger partial charge >= 0.3 is 0 Å². The maximum Gasteiger partial charge on any atom is 0.221 e. The van der Waals surface area contributed by atoms with Crippen molar-refractivity contribution in [2.24, 2.45) is 0 Å². The molecule has 1 rings (SSSR count). The minimum absolute atomic E-state index is 0.00527. The number of amides is 1. The molecule has 4 nitrogen and oxygen atoms in total. The van der Waals surface area contributed by atoms with Gasteiger partial charge < -0.3 is 10.1 Å². The summed E-state index contributed by atoms with van der Waals surface area (Å²) < 4.78 is 5.55. The summed E-state index contributed by atoms with van der Waals surface area (Å²) in [6, 6.07) is 5.01. The first-order valence-electron chi connectivity index (χ1n) is 5.49. The van der Waals surface area contributed by atoms with E-state index >= 15 is 0 Å². The van der Waals surface area contributed by atoms with Crippen LogP contribution in [0.5, 0.6) is 5.75 Å². The summed E-state index contributed by atoms with van der Waals surface area (Å²) in [5.74, 6) is 0.326. The Hall–Kier alpha value is -1.84. The van der Waals surface area contributed by atoms with E-state index in [-0.39, 0.29) is 17.8 Å². The van der Waals surface area contributed by atoms with E-state index in [2.05, 4.69) is 5.32 Å². The molecule has 1 aromatic rings. The van der Waals surface area contributed by atoms with Gasteiger partial charge in [-0.3, -0.25) is 9.59 Å². The average molecular weight is 235 g/mol. The van der Waals surface area contributed by atoms with Crippen molar-refractivity contribution in [3.63, 3.8) is 0 Å². The number of carbonyl (C=O) groups excluding carboxylic acids is 2. The number of hydrogen-bond donors (Lipinski definition) is 1. The highest BCUT2D eigenvalue weighted by atomic mass is 16.5. The molecule has 0 unspecified atom stereocenters. The van der Waals surface area contributed by atoms with Gasteiger partial charge in [0.2, 0.25) is 5.91 Å². The molecule has 0 saturated carbocycles. The summed E-state index contributed by atoms with van der Waals surface area (Å²) in [4.78, 5) is 22.3. The van der Waals surface area contributed by atoms with E-state index in [4.69, 9.17) is 4.74 Å². The number of ether oxygens (including phenoxy) is 1. The van der Waals surface area contributed by atoms with E-state index in [0.717, 1.165) is 0 Å². The zero-order valence-corrected chi connectivity index (χ0v) is 10.5. The van der Waals surface area contributed by atoms with Crippen LogP contribution in [0.4, 0.5) is 5.69 Å². The summed E-state index contributed by atoms with van der Waals surface area (Å²) in [5.41, 5.74) is 1.07. The smallest absolute Gasteiger partial charge is 0.221 e. The van der Waals surface area contributed by atoms with Crippen LogP contribution in [0.1, 0.15) is 38.1 Å². The predicted octanol–water partition coefficient (Wildman–Crippen LogP) is 2.63. The van der Waals surface area contributed by atoms with Crippen LogP contribution in [0.2, 0.25) is 0 Å². The number of nitrogens with one attached hydrogen (secondary N) is 1. The molecule has 0 bridgehead atoms. The number of rotatable bonds is 4. The van der Waals surface area contributed by atoms with Crippen LogP contribution in [-0.2, 0) is 4.79 Å². The Kier molecular flexibility index (Phi) is 4.26. The minimum atomic E-state index is -0.195. The number of Topliss-reactive ketones (excluding diaryl/α,β-unsaturated/α-hetero) is 1. The maximum atomic E-state index is 11.3. The molecule has 0 aromatic heterocycles. The van der Waals surface area contributed by atoms with Crippen molar-refractivity contribution in [3.8, 4) is 5.75 Å². The van der Waals surface area contributed by atoms with Gasteiger partial charge in [0.15, 0.2) is 5.78 Å². The molecule has 0 atom stereocenters. The molecule has 0 aliphatic heterocycles. The number of anilines is 1. The van der Waals surface area contributed by atoms with Gasteiger partial charge in [0, 0.05) is 12.5 Å². The summed E-state index contributed by atoms with van der Waals surface area (Å²) in [7, 11) is 0. The van der Waals surface area contributed by atoms with Crippen molar-refractivity contribution in [1.82, 2.24) is 0 Å². The molecule has 0 heterocycles. The van der Waals surface area contributed by atoms with Crippen molar-refractivity contribution in [2.45, 2.75) is 33.8 Å². The normalized spacial score (nSPS) is 10.2. The summed E-state index contributed by atoms with van der Waals surface area (Å²) in [5, 5.41) is 2.66. The van der Waals surface area contributed by atoms with Gasteiger partial charge in [-0.15, -0.1) is 0 Å². The van der Waals surface area contributed by atoms with Gasteiger partial charge in [0.1, 0.15) is 5.75 Å². The van der Waals surface area contributed by atoms with E-state index in [1.54, 1.807) is 18.2 Å². The van der Waals surface area contributed by atoms with Gasteiger partial charge in [0.25, 0.3) is 0 Å². The third-order valence-corrected chi connectivity index (χ3v) is 2.06. The highest BCUT2D eigenvalue weighted by molar-refractivity contribution is 5.97. The van der Waals surface area contributed by atoms with E-state index in [9.17, 15) is 9.59 Å². The first-order chi connectivity index (χ1) is 7.90. The fourth-order valence-electron chi connectivity index (χ4n) is 1.39. The molecule has 17 heavy (non-hydrogen) atoms. The molecule has 1 N–H and O–H groups in total. The maximum absolute atomic E-state index is 11.3. The third-order valence-electron chi connectivity index (χ3n) is 2.06. The Bertz CT molecular complexity index is 438. The quantitative estimate of drug-likeness (QED) is 0.816. The molecule has 0 saturated heterocycles. The highest BCUT2D eigenvalue weighted by Crippen LogP contribution is 2.27. The highest BCUT2D eigenvalue weighted by Gasteiger charge is 2.10. The molecule has 0 radical (unpaired) electrons. The number of carbonyl (C=O) groups is 2. The van der Waals surface area contributed by atoms with Crippen LogP contribution < -0.4 is 10.1 Å². The lowest BCUT2D eigenvalue weighted by atomic mass is 10.1. The van der Waals surface area contributed by atoms with Crippen molar-refractivity contribution in [1.29, 1.82) is 0 Å². The van der Waals surface area contributed by atoms with E-state index in [0.29, 0.717) is 17.0 Å². The molecular formula is C13H17NO3. The second-order valence-electron chi connectivity index (χ2n) is 4.11. The Labute approximate surface area is 101 Å². The Morgan fingerprint density at radius 1 is 1.24 bits per heavy atom. The van der Waals surface area contributed by atoms with Crippen molar-refractivity contribution in [3.05, 3.63) is 23.8 Å². The summed E-state index contributed by atoms with van der Waals surface area (Å²) in [6.45, 7) is 6.70. The zero-order chi connectivity index (χ0) is 13.0. The lowest BCUT2D eigenvalue weighted by Crippen LogP contribution is -2.12. The first-order valence-corrected chi connectivity index (χ1v) is 5.49. The average Bonchev–Trinajstić information content (AvgIpc) is 2.18. The van der Waals surface area contributed by atoms with Crippen molar-refractivity contribution in [2.75, 3.05) is 5.32 Å². The number of ketones is 1. The van der Waals surface area contributed by atoms with E-state index < -0.39 is 0 Å². The van der Waals surface area contributed by atoms with Crippen LogP contribution in [0.25, 0.3) is 0 Å². The van der Waals surface area contributed by atoms with Gasteiger partial charge in [0.05, 0.1) is 11.8 Å². The molecular weight excluding hydrogens is 218 g/mol. The molecule has 0 spiro atoms. The van der Waals surface area contributed by atoms with Crippen molar-refractivity contribution < 1.29 is 14.3 Å². The minimum Gasteiger partial charge on any atom is -0.489 e. The molecule has 0 aliphatic rings. The Balaban J connectivity index is 3.11. The lowest BCUT2D eigenvalue weighted by Gasteiger charge is -2.15. The van der Waals surface area contributed by atoms with E-state index in [1.165, 1.54) is 13.8 Å². The fourth-order valence-corrected chi connectivity index (χ4v) is 1.39. The van der Waals surface area contributed by atoms with Gasteiger partial charge in [-0.2, -0.15) is 0 Å². The standard InChI is InChI=1S/C13H17NO3/c1-8(2)17-13-6-5-11(9(3)15)7-12(13)14-10(4)16/h5-8H,1-4H3,(H,14,16). The van der Waals surface area contributed by atoms with Gasteiger partial charge in [-0.25, -0.2) is 0 Å². The van der Waals surface area contributed by atoms with Crippen LogP contribution in [-0.4, -0.2) is 17.8 Å². The predicted molar refractivity (Wildman–Crippen MR) is 66.5 cm³/mol. The fraction of sp³-hybridized carbons (Fsp3) is 0.385. The number of benzene rings is 1. The molecule has 0 fully saturated rings. The SMILES string of the molecule is CC(=O)Nc1cc(C(C)=O)ccc1OC(C)C. The molecule has 92 valence electrons. The van der Waals surface area contributed by atoms with Gasteiger partial charge in [-0.1, -0.05) is 0 Å². The Morgan fingerprint density at radius 3 is 2.35 bits per heavy atom. The van der Waals surface area contributed by atoms with Crippen molar-refractivity contribution >= 4 is 17.4 Å². The molecule has 0 aliphatic carbocycles. The molecule has 1 amide bonds. The topological polar surface area (TPSA) is 55.4 Å². The second-order valence-corrected chi connectivity index (χ2v) is 4.11. The monoisotopic (exact) mass is 235 g/mol. The second kappa shape index (κ2) is 5.48. The summed E-state index contributed by atoms with van der Waals surface area (Å²) >= 11 is 0. The molecule has 1 aromatic carbocycles. The molecule has 4 heteroatoms. The first kappa shape index (κ1) is 13.2. The van der Waals surface area contributed by atoms with Crippen LogP contribution in [0.3, 0.4) is 0 Å². The van der Waals surface area contributed by atoms with E-state index in [1.807, 2.05) is 13.8 Å². The third kappa shape index (κ3) is 3.90.